The summed E-state index contributed by atoms with van der Waals surface area (Å²) in [5.74, 6) is 0.868. The topological polar surface area (TPSA) is 32.3 Å². The number of hydrogen-bond donors (Lipinski definition) is 1. The first-order valence-electron chi connectivity index (χ1n) is 5.95. The van der Waals surface area contributed by atoms with Crippen molar-refractivity contribution in [2.45, 2.75) is 31.1 Å². The van der Waals surface area contributed by atoms with Gasteiger partial charge in [0, 0.05) is 41.4 Å². The lowest BCUT2D eigenvalue weighted by molar-refractivity contribution is 0.0731. The van der Waals surface area contributed by atoms with Gasteiger partial charge in [-0.3, -0.25) is 4.21 Å². The zero-order chi connectivity index (χ0) is 10.8. The minimum Gasteiger partial charge on any atom is -0.311 e. The fraction of sp³-hybridized carbons (Fsp3) is 1.00. The van der Waals surface area contributed by atoms with E-state index in [1.807, 2.05) is 0 Å². The third-order valence-electron chi connectivity index (χ3n) is 3.89. The standard InChI is InChI=1S/C11H22N2OS/c1-9(15(2)14)7-12-11-8-13-5-3-10(11)4-6-13/h9-12H,3-8H2,1-2H3. The third-order valence-corrected chi connectivity index (χ3v) is 5.19. The van der Waals surface area contributed by atoms with E-state index in [1.54, 1.807) is 6.26 Å². The van der Waals surface area contributed by atoms with Crippen molar-refractivity contribution in [3.8, 4) is 0 Å². The summed E-state index contributed by atoms with van der Waals surface area (Å²) >= 11 is 0. The molecule has 0 aromatic rings. The first kappa shape index (κ1) is 11.6. The van der Waals surface area contributed by atoms with Gasteiger partial charge in [-0.25, -0.2) is 0 Å². The van der Waals surface area contributed by atoms with E-state index in [9.17, 15) is 4.21 Å². The van der Waals surface area contributed by atoms with Gasteiger partial charge in [-0.15, -0.1) is 0 Å². The molecule has 0 aromatic heterocycles. The molecule has 3 nitrogen and oxygen atoms in total. The second-order valence-corrected chi connectivity index (χ2v) is 6.76. The number of hydrogen-bond acceptors (Lipinski definition) is 3. The zero-order valence-corrected chi connectivity index (χ0v) is 10.6. The highest BCUT2D eigenvalue weighted by Crippen LogP contribution is 2.27. The van der Waals surface area contributed by atoms with Gasteiger partial charge in [0.25, 0.3) is 0 Å². The van der Waals surface area contributed by atoms with Crippen LogP contribution in [0.3, 0.4) is 0 Å². The fourth-order valence-corrected chi connectivity index (χ4v) is 2.96. The Morgan fingerprint density at radius 1 is 1.47 bits per heavy atom. The third kappa shape index (κ3) is 2.80. The van der Waals surface area contributed by atoms with Crippen LogP contribution in [0.15, 0.2) is 0 Å². The van der Waals surface area contributed by atoms with Gasteiger partial charge in [0.1, 0.15) is 0 Å². The summed E-state index contributed by atoms with van der Waals surface area (Å²) in [6, 6.07) is 0.651. The van der Waals surface area contributed by atoms with Gasteiger partial charge >= 0.3 is 0 Å². The Labute approximate surface area is 95.1 Å². The molecule has 0 aliphatic carbocycles. The minimum atomic E-state index is -0.693. The smallest absolute Gasteiger partial charge is 0.0441 e. The second kappa shape index (κ2) is 4.93. The van der Waals surface area contributed by atoms with Gasteiger partial charge in [-0.2, -0.15) is 0 Å². The van der Waals surface area contributed by atoms with Crippen molar-refractivity contribution in [1.82, 2.24) is 10.2 Å². The predicted molar refractivity (Wildman–Crippen MR) is 64.5 cm³/mol. The van der Waals surface area contributed by atoms with E-state index in [4.69, 9.17) is 0 Å². The lowest BCUT2D eigenvalue weighted by Gasteiger charge is -2.45. The van der Waals surface area contributed by atoms with Crippen molar-refractivity contribution in [3.63, 3.8) is 0 Å². The number of piperidine rings is 3. The molecule has 88 valence electrons. The van der Waals surface area contributed by atoms with E-state index < -0.39 is 10.8 Å². The molecule has 15 heavy (non-hydrogen) atoms. The van der Waals surface area contributed by atoms with E-state index in [0.29, 0.717) is 6.04 Å². The van der Waals surface area contributed by atoms with Gasteiger partial charge < -0.3 is 10.2 Å². The molecule has 2 bridgehead atoms. The summed E-state index contributed by atoms with van der Waals surface area (Å²) in [7, 11) is -0.693. The van der Waals surface area contributed by atoms with E-state index in [-0.39, 0.29) is 5.25 Å². The lowest BCUT2D eigenvalue weighted by atomic mass is 9.84. The highest BCUT2D eigenvalue weighted by atomic mass is 32.2. The molecule has 0 amide bonds. The van der Waals surface area contributed by atoms with Crippen LogP contribution in [0, 0.1) is 5.92 Å². The van der Waals surface area contributed by atoms with Crippen LogP contribution in [-0.2, 0) is 10.8 Å². The number of rotatable bonds is 4. The lowest BCUT2D eigenvalue weighted by Crippen LogP contribution is -2.57. The maximum absolute atomic E-state index is 11.2. The molecule has 3 fully saturated rings. The predicted octanol–water partition coefficient (Wildman–Crippen LogP) is 0.437. The van der Waals surface area contributed by atoms with Crippen LogP contribution in [0.25, 0.3) is 0 Å². The Hall–Kier alpha value is 0.0700. The molecule has 3 rings (SSSR count). The fourth-order valence-electron chi connectivity index (χ4n) is 2.63. The van der Waals surface area contributed by atoms with Crippen LogP contribution < -0.4 is 5.32 Å². The SMILES string of the molecule is CC(CNC1CN2CCC1CC2)S(C)=O. The molecule has 0 spiro atoms. The molecule has 3 heterocycles. The van der Waals surface area contributed by atoms with Crippen LogP contribution in [0.5, 0.6) is 0 Å². The summed E-state index contributed by atoms with van der Waals surface area (Å²) in [6.07, 6.45) is 4.49. The Bertz CT molecular complexity index is 239. The number of nitrogens with zero attached hydrogens (tertiary/aromatic N) is 1. The Morgan fingerprint density at radius 3 is 2.60 bits per heavy atom. The molecule has 0 saturated carbocycles. The van der Waals surface area contributed by atoms with Gasteiger partial charge in [-0.05, 0) is 38.8 Å². The van der Waals surface area contributed by atoms with Crippen LogP contribution in [-0.4, -0.2) is 52.8 Å². The van der Waals surface area contributed by atoms with E-state index >= 15 is 0 Å². The van der Waals surface area contributed by atoms with E-state index in [2.05, 4.69) is 17.1 Å². The highest BCUT2D eigenvalue weighted by molar-refractivity contribution is 7.84. The van der Waals surface area contributed by atoms with Gasteiger partial charge in [-0.1, -0.05) is 0 Å². The van der Waals surface area contributed by atoms with Crippen molar-refractivity contribution in [2.75, 3.05) is 32.4 Å². The van der Waals surface area contributed by atoms with Crippen molar-refractivity contribution in [1.29, 1.82) is 0 Å². The molecule has 0 aromatic carbocycles. The van der Waals surface area contributed by atoms with Gasteiger partial charge in [0.15, 0.2) is 0 Å². The van der Waals surface area contributed by atoms with Crippen molar-refractivity contribution in [2.24, 2.45) is 5.92 Å². The monoisotopic (exact) mass is 230 g/mol. The second-order valence-electron chi connectivity index (χ2n) is 4.96. The normalized spacial score (nSPS) is 38.9. The van der Waals surface area contributed by atoms with Crippen molar-refractivity contribution in [3.05, 3.63) is 0 Å². The van der Waals surface area contributed by atoms with Crippen molar-refractivity contribution >= 4 is 10.8 Å². The maximum atomic E-state index is 11.2. The number of fused-ring (bicyclic) bond motifs is 3. The summed E-state index contributed by atoms with van der Waals surface area (Å²) < 4.78 is 11.2. The Morgan fingerprint density at radius 2 is 2.13 bits per heavy atom. The molecule has 3 saturated heterocycles. The average Bonchev–Trinajstić information content (AvgIpc) is 2.27. The van der Waals surface area contributed by atoms with Crippen molar-refractivity contribution < 1.29 is 4.21 Å². The molecule has 3 atom stereocenters. The Kier molecular flexibility index (Phi) is 3.80. The first-order chi connectivity index (χ1) is 7.16. The zero-order valence-electron chi connectivity index (χ0n) is 9.74. The first-order valence-corrected chi connectivity index (χ1v) is 7.57. The molecule has 1 N–H and O–H groups in total. The van der Waals surface area contributed by atoms with E-state index in [1.165, 1.54) is 32.5 Å². The quantitative estimate of drug-likeness (QED) is 0.760. The number of nitrogens with one attached hydrogen (secondary N) is 1. The molecular weight excluding hydrogens is 208 g/mol. The summed E-state index contributed by atoms with van der Waals surface area (Å²) in [5.41, 5.74) is 0. The molecule has 4 heteroatoms. The largest absolute Gasteiger partial charge is 0.311 e. The summed E-state index contributed by atoms with van der Waals surface area (Å²) in [4.78, 5) is 2.55. The van der Waals surface area contributed by atoms with Crippen LogP contribution >= 0.6 is 0 Å². The van der Waals surface area contributed by atoms with E-state index in [0.717, 1.165) is 12.5 Å². The van der Waals surface area contributed by atoms with Gasteiger partial charge in [0.05, 0.1) is 0 Å². The minimum absolute atomic E-state index is 0.278. The highest BCUT2D eigenvalue weighted by Gasteiger charge is 2.33. The summed E-state index contributed by atoms with van der Waals surface area (Å²) in [5, 5.41) is 3.88. The van der Waals surface area contributed by atoms with Crippen LogP contribution in [0.1, 0.15) is 19.8 Å². The summed E-state index contributed by atoms with van der Waals surface area (Å²) in [6.45, 7) is 6.74. The molecule has 3 aliphatic heterocycles. The Balaban J connectivity index is 1.78. The van der Waals surface area contributed by atoms with Crippen LogP contribution in [0.2, 0.25) is 0 Å². The van der Waals surface area contributed by atoms with Gasteiger partial charge in [0.2, 0.25) is 0 Å². The molecule has 0 radical (unpaired) electrons. The average molecular weight is 230 g/mol. The molecular formula is C11H22N2OS. The van der Waals surface area contributed by atoms with Crippen LogP contribution in [0.4, 0.5) is 0 Å². The maximum Gasteiger partial charge on any atom is 0.0441 e. The molecule has 3 aliphatic rings. The molecule has 3 unspecified atom stereocenters.